The highest BCUT2D eigenvalue weighted by Crippen LogP contribution is 2.67. The maximum atomic E-state index is 10.4. The molecule has 0 aliphatic heterocycles. The fourth-order valence-corrected chi connectivity index (χ4v) is 7.26. The predicted molar refractivity (Wildman–Crippen MR) is 88.5 cm³/mol. The molecule has 4 saturated carbocycles. The lowest BCUT2D eigenvalue weighted by Crippen LogP contribution is -2.59. The van der Waals surface area contributed by atoms with Gasteiger partial charge in [-0.3, -0.25) is 0 Å². The molecule has 4 fully saturated rings. The first kappa shape index (κ1) is 15.4. The molecule has 0 spiro atoms. The minimum absolute atomic E-state index is 0.378. The molecule has 0 saturated heterocycles. The third-order valence-electron chi connectivity index (χ3n) is 8.51. The third-order valence-corrected chi connectivity index (χ3v) is 8.51. The molecule has 22 heavy (non-hydrogen) atoms. The Morgan fingerprint density at radius 3 is 2.55 bits per heavy atom. The van der Waals surface area contributed by atoms with Gasteiger partial charge in [0.05, 0.1) is 5.60 Å². The van der Waals surface area contributed by atoms with Gasteiger partial charge >= 0.3 is 0 Å². The van der Waals surface area contributed by atoms with Crippen LogP contribution in [0.15, 0.2) is 0 Å². The Kier molecular flexibility index (Phi) is 3.66. The van der Waals surface area contributed by atoms with Crippen LogP contribution >= 0.6 is 0 Å². The first-order chi connectivity index (χ1) is 10.4. The van der Waals surface area contributed by atoms with Crippen molar-refractivity contribution < 1.29 is 9.84 Å². The van der Waals surface area contributed by atoms with Gasteiger partial charge in [-0.05, 0) is 99.2 Å². The summed E-state index contributed by atoms with van der Waals surface area (Å²) in [5.41, 5.74) is 0.196. The van der Waals surface area contributed by atoms with Crippen molar-refractivity contribution in [2.45, 2.75) is 70.8 Å². The second-order valence-electron chi connectivity index (χ2n) is 9.61. The molecule has 0 bridgehead atoms. The van der Waals surface area contributed by atoms with E-state index in [1.165, 1.54) is 38.5 Å². The SMILES string of the molecule is COC[C@H]1C[C@H]2[C@@H]3CC[C@@H]4C[C@](C)(O)CC[C@@H]4[C@H]3CC[C@]12C. The minimum atomic E-state index is -0.378. The summed E-state index contributed by atoms with van der Waals surface area (Å²) in [6.45, 7) is 5.59. The maximum Gasteiger partial charge on any atom is 0.0622 e. The average molecular weight is 306 g/mol. The van der Waals surface area contributed by atoms with E-state index in [1.54, 1.807) is 0 Å². The first-order valence-electron chi connectivity index (χ1n) is 9.66. The maximum absolute atomic E-state index is 10.4. The molecule has 8 atom stereocenters. The molecular formula is C20H34O2. The van der Waals surface area contributed by atoms with E-state index in [2.05, 4.69) is 13.8 Å². The molecule has 4 aliphatic rings. The van der Waals surface area contributed by atoms with Crippen molar-refractivity contribution in [3.63, 3.8) is 0 Å². The summed E-state index contributed by atoms with van der Waals surface area (Å²) >= 11 is 0. The number of rotatable bonds is 2. The second kappa shape index (κ2) is 5.21. The fourth-order valence-electron chi connectivity index (χ4n) is 7.26. The summed E-state index contributed by atoms with van der Waals surface area (Å²) in [4.78, 5) is 0. The summed E-state index contributed by atoms with van der Waals surface area (Å²) in [5.74, 6) is 5.46. The van der Waals surface area contributed by atoms with Crippen LogP contribution in [0.2, 0.25) is 0 Å². The predicted octanol–water partition coefficient (Wildman–Crippen LogP) is 4.26. The molecule has 126 valence electrons. The zero-order valence-electron chi connectivity index (χ0n) is 14.7. The van der Waals surface area contributed by atoms with Crippen molar-refractivity contribution in [2.75, 3.05) is 13.7 Å². The van der Waals surface area contributed by atoms with Gasteiger partial charge in [0, 0.05) is 13.7 Å². The Morgan fingerprint density at radius 1 is 1.00 bits per heavy atom. The van der Waals surface area contributed by atoms with E-state index in [1.807, 2.05) is 7.11 Å². The fraction of sp³-hybridized carbons (Fsp3) is 1.00. The molecule has 0 aromatic carbocycles. The molecule has 1 N–H and O–H groups in total. The Labute approximate surface area is 136 Å². The van der Waals surface area contributed by atoms with E-state index in [-0.39, 0.29) is 5.60 Å². The van der Waals surface area contributed by atoms with Gasteiger partial charge in [-0.15, -0.1) is 0 Å². The lowest BCUT2D eigenvalue weighted by molar-refractivity contribution is -0.178. The number of hydrogen-bond acceptors (Lipinski definition) is 2. The van der Waals surface area contributed by atoms with Gasteiger partial charge in [0.1, 0.15) is 0 Å². The van der Waals surface area contributed by atoms with E-state index < -0.39 is 0 Å². The van der Waals surface area contributed by atoms with Crippen molar-refractivity contribution in [2.24, 2.45) is 40.9 Å². The molecular weight excluding hydrogens is 272 g/mol. The largest absolute Gasteiger partial charge is 0.390 e. The first-order valence-corrected chi connectivity index (χ1v) is 9.66. The third kappa shape index (κ3) is 2.20. The van der Waals surface area contributed by atoms with Crippen molar-refractivity contribution in [1.29, 1.82) is 0 Å². The van der Waals surface area contributed by atoms with Crippen LogP contribution in [0.5, 0.6) is 0 Å². The molecule has 2 nitrogen and oxygen atoms in total. The summed E-state index contributed by atoms with van der Waals surface area (Å²) in [6.07, 6.45) is 10.5. The minimum Gasteiger partial charge on any atom is -0.390 e. The standard InChI is InChI=1S/C20H34O2/c1-19(21)8-6-15-13(11-19)4-5-17-16(15)7-9-20(2)14(12-22-3)10-18(17)20/h13-18,21H,4-12H2,1-3H3/t13-,14-,15+,16-,17-,18+,19-,20-/m1/s1. The molecule has 4 rings (SSSR count). The topological polar surface area (TPSA) is 29.5 Å². The highest BCUT2D eigenvalue weighted by Gasteiger charge is 2.60. The van der Waals surface area contributed by atoms with Crippen molar-refractivity contribution in [1.82, 2.24) is 0 Å². The number of methoxy groups -OCH3 is 1. The average Bonchev–Trinajstić information content (AvgIpc) is 2.47. The van der Waals surface area contributed by atoms with Crippen LogP contribution in [0.25, 0.3) is 0 Å². The quantitative estimate of drug-likeness (QED) is 0.826. The van der Waals surface area contributed by atoms with Crippen molar-refractivity contribution in [3.8, 4) is 0 Å². The van der Waals surface area contributed by atoms with Gasteiger partial charge in [-0.2, -0.15) is 0 Å². The van der Waals surface area contributed by atoms with Gasteiger partial charge in [-0.25, -0.2) is 0 Å². The van der Waals surface area contributed by atoms with E-state index in [9.17, 15) is 5.11 Å². The molecule has 2 heteroatoms. The van der Waals surface area contributed by atoms with Crippen LogP contribution < -0.4 is 0 Å². The molecule has 4 aliphatic carbocycles. The van der Waals surface area contributed by atoms with Gasteiger partial charge < -0.3 is 9.84 Å². The van der Waals surface area contributed by atoms with Crippen LogP contribution in [-0.2, 0) is 4.74 Å². The molecule has 0 aromatic heterocycles. The summed E-state index contributed by atoms with van der Waals surface area (Å²) in [7, 11) is 1.86. The van der Waals surface area contributed by atoms with Crippen LogP contribution in [-0.4, -0.2) is 24.4 Å². The van der Waals surface area contributed by atoms with Gasteiger partial charge in [-0.1, -0.05) is 6.92 Å². The van der Waals surface area contributed by atoms with Gasteiger partial charge in [0.2, 0.25) is 0 Å². The molecule has 0 heterocycles. The van der Waals surface area contributed by atoms with Crippen molar-refractivity contribution in [3.05, 3.63) is 0 Å². The molecule has 0 radical (unpaired) electrons. The highest BCUT2D eigenvalue weighted by molar-refractivity contribution is 5.09. The van der Waals surface area contributed by atoms with E-state index in [0.717, 1.165) is 55.0 Å². The number of aliphatic hydroxyl groups is 1. The van der Waals surface area contributed by atoms with Crippen LogP contribution in [0.4, 0.5) is 0 Å². The molecule has 0 amide bonds. The zero-order valence-corrected chi connectivity index (χ0v) is 14.7. The lowest BCUT2D eigenvalue weighted by atomic mass is 9.40. The molecule has 0 unspecified atom stereocenters. The van der Waals surface area contributed by atoms with Gasteiger partial charge in [0.15, 0.2) is 0 Å². The van der Waals surface area contributed by atoms with Crippen molar-refractivity contribution >= 4 is 0 Å². The molecule has 0 aromatic rings. The second-order valence-corrected chi connectivity index (χ2v) is 9.61. The Morgan fingerprint density at radius 2 is 1.77 bits per heavy atom. The Bertz CT molecular complexity index is 431. The monoisotopic (exact) mass is 306 g/mol. The number of ether oxygens (including phenoxy) is 1. The smallest absolute Gasteiger partial charge is 0.0622 e. The van der Waals surface area contributed by atoms with Gasteiger partial charge in [0.25, 0.3) is 0 Å². The van der Waals surface area contributed by atoms with Crippen LogP contribution in [0.3, 0.4) is 0 Å². The Balaban J connectivity index is 1.48. The lowest BCUT2D eigenvalue weighted by Gasteiger charge is -2.65. The van der Waals surface area contributed by atoms with E-state index in [0.29, 0.717) is 5.41 Å². The summed E-state index contributed by atoms with van der Waals surface area (Å²) in [6, 6.07) is 0. The van der Waals surface area contributed by atoms with Crippen LogP contribution in [0.1, 0.15) is 65.2 Å². The van der Waals surface area contributed by atoms with Crippen LogP contribution in [0, 0.1) is 40.9 Å². The zero-order chi connectivity index (χ0) is 15.5. The summed E-state index contributed by atoms with van der Waals surface area (Å²) < 4.78 is 5.48. The normalized spacial score (nSPS) is 57.3. The summed E-state index contributed by atoms with van der Waals surface area (Å²) in [5, 5.41) is 10.4. The van der Waals surface area contributed by atoms with E-state index in [4.69, 9.17) is 4.74 Å². The Hall–Kier alpha value is -0.0800. The highest BCUT2D eigenvalue weighted by atomic mass is 16.5. The number of hydrogen-bond donors (Lipinski definition) is 1. The van der Waals surface area contributed by atoms with E-state index >= 15 is 0 Å². The number of fused-ring (bicyclic) bond motifs is 5.